The van der Waals surface area contributed by atoms with Crippen LogP contribution in [0.4, 0.5) is 5.82 Å². The van der Waals surface area contributed by atoms with E-state index in [4.69, 9.17) is 14.6 Å². The summed E-state index contributed by atoms with van der Waals surface area (Å²) in [5, 5.41) is 12.1. The van der Waals surface area contributed by atoms with Gasteiger partial charge in [0.25, 0.3) is 0 Å². The summed E-state index contributed by atoms with van der Waals surface area (Å²) >= 11 is 0. The molecule has 1 aromatic rings. The lowest BCUT2D eigenvalue weighted by atomic mass is 10.2. The van der Waals surface area contributed by atoms with E-state index >= 15 is 0 Å². The number of rotatable bonds is 7. The Morgan fingerprint density at radius 1 is 1.44 bits per heavy atom. The third-order valence-electron chi connectivity index (χ3n) is 2.13. The SMILES string of the molecule is COCC(CCO)Nc1cccc(OC)n1. The number of nitrogens with zero attached hydrogens (tertiary/aromatic N) is 1. The van der Waals surface area contributed by atoms with E-state index in [2.05, 4.69) is 10.3 Å². The van der Waals surface area contributed by atoms with Gasteiger partial charge in [-0.05, 0) is 12.5 Å². The Balaban J connectivity index is 2.60. The second-order valence-electron chi connectivity index (χ2n) is 3.37. The average molecular weight is 226 g/mol. The molecule has 0 aliphatic rings. The molecule has 0 aromatic carbocycles. The normalized spacial score (nSPS) is 12.2. The largest absolute Gasteiger partial charge is 0.481 e. The molecule has 1 atom stereocenters. The topological polar surface area (TPSA) is 63.6 Å². The molecule has 0 radical (unpaired) electrons. The molecule has 0 amide bonds. The minimum absolute atomic E-state index is 0.0506. The Hall–Kier alpha value is -1.33. The van der Waals surface area contributed by atoms with Gasteiger partial charge in [0, 0.05) is 19.8 Å². The van der Waals surface area contributed by atoms with Gasteiger partial charge >= 0.3 is 0 Å². The first-order valence-electron chi connectivity index (χ1n) is 5.17. The van der Waals surface area contributed by atoms with Gasteiger partial charge in [-0.1, -0.05) is 6.07 Å². The zero-order chi connectivity index (χ0) is 11.8. The Labute approximate surface area is 95.4 Å². The number of methoxy groups -OCH3 is 2. The molecule has 1 heterocycles. The lowest BCUT2D eigenvalue weighted by molar-refractivity contribution is 0.170. The highest BCUT2D eigenvalue weighted by Crippen LogP contribution is 2.12. The molecule has 1 rings (SSSR count). The molecule has 0 saturated carbocycles. The van der Waals surface area contributed by atoms with Crippen molar-refractivity contribution >= 4 is 5.82 Å². The molecule has 0 aliphatic heterocycles. The molecule has 2 N–H and O–H groups in total. The Bertz CT molecular complexity index is 301. The number of hydrogen-bond acceptors (Lipinski definition) is 5. The smallest absolute Gasteiger partial charge is 0.214 e. The fourth-order valence-corrected chi connectivity index (χ4v) is 1.37. The van der Waals surface area contributed by atoms with E-state index in [1.165, 1.54) is 0 Å². The monoisotopic (exact) mass is 226 g/mol. The van der Waals surface area contributed by atoms with E-state index in [1.54, 1.807) is 20.3 Å². The number of aliphatic hydroxyl groups is 1. The van der Waals surface area contributed by atoms with E-state index in [-0.39, 0.29) is 12.6 Å². The van der Waals surface area contributed by atoms with Crippen LogP contribution in [0.15, 0.2) is 18.2 Å². The maximum Gasteiger partial charge on any atom is 0.214 e. The molecule has 0 bridgehead atoms. The van der Waals surface area contributed by atoms with Crippen LogP contribution >= 0.6 is 0 Å². The number of aromatic nitrogens is 1. The van der Waals surface area contributed by atoms with E-state index in [9.17, 15) is 0 Å². The summed E-state index contributed by atoms with van der Waals surface area (Å²) in [6.07, 6.45) is 0.618. The summed E-state index contributed by atoms with van der Waals surface area (Å²) in [6, 6.07) is 5.54. The number of ether oxygens (including phenoxy) is 2. The molecule has 0 aliphatic carbocycles. The third kappa shape index (κ3) is 4.04. The van der Waals surface area contributed by atoms with Crippen molar-refractivity contribution in [2.75, 3.05) is 32.8 Å². The fraction of sp³-hybridized carbons (Fsp3) is 0.545. The van der Waals surface area contributed by atoms with Gasteiger partial charge in [-0.25, -0.2) is 0 Å². The zero-order valence-electron chi connectivity index (χ0n) is 9.64. The first-order valence-corrected chi connectivity index (χ1v) is 5.17. The van der Waals surface area contributed by atoms with Crippen LogP contribution in [-0.4, -0.2) is 43.6 Å². The van der Waals surface area contributed by atoms with Crippen molar-refractivity contribution in [1.82, 2.24) is 4.98 Å². The fourth-order valence-electron chi connectivity index (χ4n) is 1.37. The standard InChI is InChI=1S/C11H18N2O3/c1-15-8-9(6-7-14)12-10-4-3-5-11(13-10)16-2/h3-5,9,14H,6-8H2,1-2H3,(H,12,13). The molecule has 0 spiro atoms. The van der Waals surface area contributed by atoms with E-state index < -0.39 is 0 Å². The van der Waals surface area contributed by atoms with Gasteiger partial charge in [-0.15, -0.1) is 0 Å². The molecular weight excluding hydrogens is 208 g/mol. The van der Waals surface area contributed by atoms with Crippen molar-refractivity contribution in [3.05, 3.63) is 18.2 Å². The molecule has 16 heavy (non-hydrogen) atoms. The molecule has 1 aromatic heterocycles. The lowest BCUT2D eigenvalue weighted by Gasteiger charge is -2.17. The Morgan fingerprint density at radius 3 is 2.88 bits per heavy atom. The highest BCUT2D eigenvalue weighted by Gasteiger charge is 2.08. The molecule has 0 saturated heterocycles. The number of nitrogens with one attached hydrogen (secondary N) is 1. The highest BCUT2D eigenvalue weighted by atomic mass is 16.5. The van der Waals surface area contributed by atoms with Crippen molar-refractivity contribution in [2.24, 2.45) is 0 Å². The van der Waals surface area contributed by atoms with Gasteiger partial charge in [0.2, 0.25) is 5.88 Å². The van der Waals surface area contributed by atoms with Crippen LogP contribution in [0.2, 0.25) is 0 Å². The predicted octanol–water partition coefficient (Wildman–Crippen LogP) is 0.899. The van der Waals surface area contributed by atoms with Crippen LogP contribution < -0.4 is 10.1 Å². The highest BCUT2D eigenvalue weighted by molar-refractivity contribution is 5.38. The van der Waals surface area contributed by atoms with Crippen LogP contribution in [0, 0.1) is 0 Å². The maximum atomic E-state index is 8.90. The second-order valence-corrected chi connectivity index (χ2v) is 3.37. The summed E-state index contributed by atoms with van der Waals surface area (Å²) in [4.78, 5) is 4.23. The molecule has 5 nitrogen and oxygen atoms in total. The van der Waals surface area contributed by atoms with Crippen molar-refractivity contribution in [1.29, 1.82) is 0 Å². The van der Waals surface area contributed by atoms with Gasteiger partial charge in [-0.3, -0.25) is 0 Å². The van der Waals surface area contributed by atoms with Crippen LogP contribution in [-0.2, 0) is 4.74 Å². The second kappa shape index (κ2) is 7.03. The Kier molecular flexibility index (Phi) is 5.60. The summed E-state index contributed by atoms with van der Waals surface area (Å²) in [7, 11) is 3.21. The minimum atomic E-state index is 0.0506. The summed E-state index contributed by atoms with van der Waals surface area (Å²) in [6.45, 7) is 0.643. The molecule has 5 heteroatoms. The van der Waals surface area contributed by atoms with Crippen molar-refractivity contribution < 1.29 is 14.6 Å². The number of pyridine rings is 1. The first-order chi connectivity index (χ1) is 7.80. The quantitative estimate of drug-likeness (QED) is 0.723. The molecule has 1 unspecified atom stereocenters. The van der Waals surface area contributed by atoms with Gasteiger partial charge < -0.3 is 19.9 Å². The van der Waals surface area contributed by atoms with E-state index in [0.29, 0.717) is 18.9 Å². The average Bonchev–Trinajstić information content (AvgIpc) is 2.30. The predicted molar refractivity (Wildman–Crippen MR) is 61.8 cm³/mol. The van der Waals surface area contributed by atoms with E-state index in [0.717, 1.165) is 5.82 Å². The number of hydrogen-bond donors (Lipinski definition) is 2. The number of aliphatic hydroxyl groups excluding tert-OH is 1. The number of anilines is 1. The summed E-state index contributed by atoms with van der Waals surface area (Å²) in [5.74, 6) is 1.28. The molecule has 0 fully saturated rings. The van der Waals surface area contributed by atoms with Gasteiger partial charge in [0.05, 0.1) is 19.8 Å². The van der Waals surface area contributed by atoms with Crippen molar-refractivity contribution in [3.63, 3.8) is 0 Å². The Morgan fingerprint density at radius 2 is 2.25 bits per heavy atom. The molecular formula is C11H18N2O3. The lowest BCUT2D eigenvalue weighted by Crippen LogP contribution is -2.26. The first kappa shape index (κ1) is 12.7. The van der Waals surface area contributed by atoms with Crippen LogP contribution in [0.5, 0.6) is 5.88 Å². The molecule has 90 valence electrons. The van der Waals surface area contributed by atoms with E-state index in [1.807, 2.05) is 12.1 Å². The van der Waals surface area contributed by atoms with Gasteiger partial charge in [-0.2, -0.15) is 4.98 Å². The minimum Gasteiger partial charge on any atom is -0.481 e. The summed E-state index contributed by atoms with van der Waals surface area (Å²) in [5.41, 5.74) is 0. The van der Waals surface area contributed by atoms with Gasteiger partial charge in [0.15, 0.2) is 0 Å². The third-order valence-corrected chi connectivity index (χ3v) is 2.13. The van der Waals surface area contributed by atoms with Crippen LogP contribution in [0.1, 0.15) is 6.42 Å². The zero-order valence-corrected chi connectivity index (χ0v) is 9.64. The van der Waals surface area contributed by atoms with Crippen LogP contribution in [0.25, 0.3) is 0 Å². The van der Waals surface area contributed by atoms with Crippen LogP contribution in [0.3, 0.4) is 0 Å². The van der Waals surface area contributed by atoms with Crippen molar-refractivity contribution in [3.8, 4) is 5.88 Å². The van der Waals surface area contributed by atoms with Crippen molar-refractivity contribution in [2.45, 2.75) is 12.5 Å². The maximum absolute atomic E-state index is 8.90. The summed E-state index contributed by atoms with van der Waals surface area (Å²) < 4.78 is 10.1. The van der Waals surface area contributed by atoms with Gasteiger partial charge in [0.1, 0.15) is 5.82 Å².